The highest BCUT2D eigenvalue weighted by molar-refractivity contribution is 5.93. The molecule has 0 radical (unpaired) electrons. The fourth-order valence-electron chi connectivity index (χ4n) is 2.23. The molecule has 0 spiro atoms. The van der Waals surface area contributed by atoms with Crippen LogP contribution in [0.3, 0.4) is 0 Å². The van der Waals surface area contributed by atoms with Crippen LogP contribution in [0.25, 0.3) is 0 Å². The van der Waals surface area contributed by atoms with Crippen molar-refractivity contribution in [3.63, 3.8) is 0 Å². The molecule has 104 valence electrons. The summed E-state index contributed by atoms with van der Waals surface area (Å²) >= 11 is 0. The van der Waals surface area contributed by atoms with Gasteiger partial charge in [-0.2, -0.15) is 8.78 Å². The second-order valence-electron chi connectivity index (χ2n) is 4.50. The Balaban J connectivity index is 2.00. The van der Waals surface area contributed by atoms with Gasteiger partial charge in [0.1, 0.15) is 5.75 Å². The molecule has 2 N–H and O–H groups in total. The third-order valence-electron chi connectivity index (χ3n) is 3.14. The first-order chi connectivity index (χ1) is 9.06. The van der Waals surface area contributed by atoms with Gasteiger partial charge < -0.3 is 15.2 Å². The van der Waals surface area contributed by atoms with Crippen molar-refractivity contribution in [2.75, 3.05) is 5.32 Å². The van der Waals surface area contributed by atoms with Gasteiger partial charge in [0.2, 0.25) is 5.91 Å². The highest BCUT2D eigenvalue weighted by Gasteiger charge is 2.31. The summed E-state index contributed by atoms with van der Waals surface area (Å²) in [5, 5.41) is 12.2. The first-order valence-corrected chi connectivity index (χ1v) is 6.10. The van der Waals surface area contributed by atoms with Crippen molar-refractivity contribution >= 4 is 11.6 Å². The molecule has 0 aromatic heterocycles. The van der Waals surface area contributed by atoms with E-state index in [1.807, 2.05) is 0 Å². The zero-order valence-electron chi connectivity index (χ0n) is 10.2. The predicted octanol–water partition coefficient (Wildman–Crippen LogP) is 2.39. The van der Waals surface area contributed by atoms with E-state index in [-0.39, 0.29) is 11.7 Å². The summed E-state index contributed by atoms with van der Waals surface area (Å²) in [6.45, 7) is -2.90. The van der Waals surface area contributed by atoms with Crippen LogP contribution < -0.4 is 10.1 Å². The van der Waals surface area contributed by atoms with Crippen LogP contribution in [0.1, 0.15) is 19.3 Å². The zero-order valence-corrected chi connectivity index (χ0v) is 10.2. The van der Waals surface area contributed by atoms with Crippen molar-refractivity contribution in [3.8, 4) is 5.75 Å². The number of hydrogen-bond donors (Lipinski definition) is 2. The zero-order chi connectivity index (χ0) is 13.8. The molecule has 1 saturated carbocycles. The summed E-state index contributed by atoms with van der Waals surface area (Å²) in [4.78, 5) is 11.9. The number of nitrogens with one attached hydrogen (secondary N) is 1. The van der Waals surface area contributed by atoms with Gasteiger partial charge in [0.25, 0.3) is 0 Å². The van der Waals surface area contributed by atoms with Crippen molar-refractivity contribution in [2.24, 2.45) is 5.92 Å². The van der Waals surface area contributed by atoms with Crippen LogP contribution in [0, 0.1) is 5.92 Å². The minimum atomic E-state index is -2.90. The van der Waals surface area contributed by atoms with Gasteiger partial charge in [0.05, 0.1) is 12.0 Å². The van der Waals surface area contributed by atoms with Crippen LogP contribution in [-0.4, -0.2) is 23.7 Å². The van der Waals surface area contributed by atoms with Crippen molar-refractivity contribution in [1.29, 1.82) is 0 Å². The molecule has 2 unspecified atom stereocenters. The van der Waals surface area contributed by atoms with Gasteiger partial charge in [0.15, 0.2) is 0 Å². The first-order valence-electron chi connectivity index (χ1n) is 6.10. The number of carbonyl (C=O) groups excluding carboxylic acids is 1. The minimum absolute atomic E-state index is 0.0141. The minimum Gasteiger partial charge on any atom is -0.435 e. The molecule has 0 saturated heterocycles. The number of rotatable bonds is 4. The highest BCUT2D eigenvalue weighted by Crippen LogP contribution is 2.27. The normalized spacial score (nSPS) is 22.5. The highest BCUT2D eigenvalue weighted by atomic mass is 19.3. The average Bonchev–Trinajstić information content (AvgIpc) is 2.75. The molecule has 1 fully saturated rings. The number of benzene rings is 1. The number of anilines is 1. The number of ether oxygens (including phenoxy) is 1. The maximum atomic E-state index is 12.1. The number of aliphatic hydroxyl groups is 1. The molecule has 19 heavy (non-hydrogen) atoms. The topological polar surface area (TPSA) is 58.6 Å². The Hall–Kier alpha value is -1.69. The van der Waals surface area contributed by atoms with Gasteiger partial charge in [-0.05, 0) is 31.4 Å². The van der Waals surface area contributed by atoms with Crippen molar-refractivity contribution in [3.05, 3.63) is 24.3 Å². The smallest absolute Gasteiger partial charge is 0.387 e. The van der Waals surface area contributed by atoms with Gasteiger partial charge in [0, 0.05) is 11.8 Å². The van der Waals surface area contributed by atoms with Crippen LogP contribution in [-0.2, 0) is 4.79 Å². The molecular formula is C13H15F2NO3. The Kier molecular flexibility index (Phi) is 4.31. The van der Waals surface area contributed by atoms with E-state index in [0.717, 1.165) is 6.42 Å². The SMILES string of the molecule is O=C(Nc1cccc(OC(F)F)c1)C1CCCC1O. The average molecular weight is 271 g/mol. The second-order valence-corrected chi connectivity index (χ2v) is 4.50. The molecule has 1 amide bonds. The number of amides is 1. The summed E-state index contributed by atoms with van der Waals surface area (Å²) in [7, 11) is 0. The van der Waals surface area contributed by atoms with E-state index < -0.39 is 18.6 Å². The molecule has 6 heteroatoms. The molecule has 4 nitrogen and oxygen atoms in total. The summed E-state index contributed by atoms with van der Waals surface area (Å²) in [6, 6.07) is 5.80. The maximum Gasteiger partial charge on any atom is 0.387 e. The predicted molar refractivity (Wildman–Crippen MR) is 65.1 cm³/mol. The molecular weight excluding hydrogens is 256 g/mol. The van der Waals surface area contributed by atoms with E-state index in [1.165, 1.54) is 18.2 Å². The summed E-state index contributed by atoms with van der Waals surface area (Å²) in [6.07, 6.45) is 1.45. The number of carbonyl (C=O) groups is 1. The molecule has 1 aromatic carbocycles. The van der Waals surface area contributed by atoms with Crippen LogP contribution in [0.5, 0.6) is 5.75 Å². The number of alkyl halides is 2. The van der Waals surface area contributed by atoms with Crippen molar-refractivity contribution in [1.82, 2.24) is 0 Å². The quantitative estimate of drug-likeness (QED) is 0.884. The van der Waals surface area contributed by atoms with Gasteiger partial charge in [-0.25, -0.2) is 0 Å². The number of aliphatic hydroxyl groups excluding tert-OH is 1. The lowest BCUT2D eigenvalue weighted by molar-refractivity contribution is -0.122. The Morgan fingerprint density at radius 3 is 2.84 bits per heavy atom. The first kappa shape index (κ1) is 13.7. The molecule has 2 rings (SSSR count). The molecule has 1 aliphatic rings. The van der Waals surface area contributed by atoms with Crippen LogP contribution in [0.15, 0.2) is 24.3 Å². The number of halogens is 2. The third kappa shape index (κ3) is 3.64. The Morgan fingerprint density at radius 1 is 1.42 bits per heavy atom. The van der Waals surface area contributed by atoms with E-state index >= 15 is 0 Å². The standard InChI is InChI=1S/C13H15F2NO3/c14-13(15)19-9-4-1-3-8(7-9)16-12(18)10-5-2-6-11(10)17/h1,3-4,7,10-11,13,17H,2,5-6H2,(H,16,18). The van der Waals surface area contributed by atoms with Gasteiger partial charge in [-0.3, -0.25) is 4.79 Å². The van der Waals surface area contributed by atoms with E-state index in [9.17, 15) is 18.7 Å². The fourth-order valence-corrected chi connectivity index (χ4v) is 2.23. The Bertz CT molecular complexity index is 453. The van der Waals surface area contributed by atoms with Gasteiger partial charge in [-0.15, -0.1) is 0 Å². The number of hydrogen-bond acceptors (Lipinski definition) is 3. The Labute approximate surface area is 109 Å². The lowest BCUT2D eigenvalue weighted by Gasteiger charge is -2.14. The van der Waals surface area contributed by atoms with E-state index in [0.29, 0.717) is 18.5 Å². The fraction of sp³-hybridized carbons (Fsp3) is 0.462. The second kappa shape index (κ2) is 5.97. The van der Waals surface area contributed by atoms with Gasteiger partial charge >= 0.3 is 6.61 Å². The third-order valence-corrected chi connectivity index (χ3v) is 3.14. The van der Waals surface area contributed by atoms with Crippen molar-refractivity contribution < 1.29 is 23.4 Å². The molecule has 0 heterocycles. The van der Waals surface area contributed by atoms with E-state index in [2.05, 4.69) is 10.1 Å². The van der Waals surface area contributed by atoms with Gasteiger partial charge in [-0.1, -0.05) is 6.07 Å². The molecule has 0 bridgehead atoms. The molecule has 0 aliphatic heterocycles. The van der Waals surface area contributed by atoms with E-state index in [1.54, 1.807) is 6.07 Å². The largest absolute Gasteiger partial charge is 0.435 e. The Morgan fingerprint density at radius 2 is 2.21 bits per heavy atom. The maximum absolute atomic E-state index is 12.1. The van der Waals surface area contributed by atoms with E-state index in [4.69, 9.17) is 0 Å². The lowest BCUT2D eigenvalue weighted by Crippen LogP contribution is -2.28. The molecule has 2 atom stereocenters. The summed E-state index contributed by atoms with van der Waals surface area (Å²) in [5.41, 5.74) is 0.377. The molecule has 1 aliphatic carbocycles. The van der Waals surface area contributed by atoms with Crippen molar-refractivity contribution in [2.45, 2.75) is 32.0 Å². The van der Waals surface area contributed by atoms with Crippen LogP contribution in [0.2, 0.25) is 0 Å². The van der Waals surface area contributed by atoms with Crippen LogP contribution in [0.4, 0.5) is 14.5 Å². The monoisotopic (exact) mass is 271 g/mol. The molecule has 1 aromatic rings. The lowest BCUT2D eigenvalue weighted by atomic mass is 10.1. The van der Waals surface area contributed by atoms with Crippen LogP contribution >= 0.6 is 0 Å². The summed E-state index contributed by atoms with van der Waals surface area (Å²) in [5.74, 6) is -0.737. The summed E-state index contributed by atoms with van der Waals surface area (Å²) < 4.78 is 28.4.